The van der Waals surface area contributed by atoms with E-state index in [-0.39, 0.29) is 11.7 Å². The van der Waals surface area contributed by atoms with E-state index in [1.54, 1.807) is 36.9 Å². The number of anilines is 1. The fourth-order valence-electron chi connectivity index (χ4n) is 1.98. The van der Waals surface area contributed by atoms with Crippen molar-refractivity contribution in [2.75, 3.05) is 5.32 Å². The number of nitrogens with zero attached hydrogens (tertiary/aromatic N) is 3. The molecule has 7 nitrogen and oxygen atoms in total. The van der Waals surface area contributed by atoms with E-state index in [1.165, 1.54) is 0 Å². The topological polar surface area (TPSA) is 86.1 Å². The zero-order valence-corrected chi connectivity index (χ0v) is 11.7. The molecule has 7 heteroatoms. The SMILES string of the molecule is Cc1noc(C)c1NC(=O)c1ccc(Cn2cccn2)o1. The summed E-state index contributed by atoms with van der Waals surface area (Å²) in [6.07, 6.45) is 3.51. The Hall–Kier alpha value is -2.83. The summed E-state index contributed by atoms with van der Waals surface area (Å²) in [4.78, 5) is 12.1. The molecule has 1 amide bonds. The van der Waals surface area contributed by atoms with Crippen LogP contribution in [0, 0.1) is 13.8 Å². The van der Waals surface area contributed by atoms with Crippen LogP contribution >= 0.6 is 0 Å². The average Bonchev–Trinajstić information content (AvgIpc) is 3.18. The number of furan rings is 1. The van der Waals surface area contributed by atoms with E-state index in [4.69, 9.17) is 8.94 Å². The first-order chi connectivity index (χ1) is 10.1. The van der Waals surface area contributed by atoms with Gasteiger partial charge in [0, 0.05) is 12.4 Å². The lowest BCUT2D eigenvalue weighted by Gasteiger charge is -2.01. The van der Waals surface area contributed by atoms with Gasteiger partial charge in [-0.2, -0.15) is 5.10 Å². The molecule has 0 saturated heterocycles. The van der Waals surface area contributed by atoms with Crippen LogP contribution in [0.5, 0.6) is 0 Å². The van der Waals surface area contributed by atoms with Gasteiger partial charge in [-0.25, -0.2) is 0 Å². The molecule has 0 spiro atoms. The van der Waals surface area contributed by atoms with E-state index in [9.17, 15) is 4.79 Å². The third-order valence-corrected chi connectivity index (χ3v) is 3.03. The molecule has 0 unspecified atom stereocenters. The summed E-state index contributed by atoms with van der Waals surface area (Å²) in [6.45, 7) is 3.98. The van der Waals surface area contributed by atoms with E-state index in [1.807, 2.05) is 12.3 Å². The normalized spacial score (nSPS) is 10.8. The van der Waals surface area contributed by atoms with E-state index in [0.717, 1.165) is 0 Å². The Labute approximate surface area is 120 Å². The van der Waals surface area contributed by atoms with E-state index in [0.29, 0.717) is 29.4 Å². The highest BCUT2D eigenvalue weighted by Gasteiger charge is 2.16. The summed E-state index contributed by atoms with van der Waals surface area (Å²) < 4.78 is 12.2. The number of rotatable bonds is 4. The fraction of sp³-hybridized carbons (Fsp3) is 0.214. The molecule has 3 aromatic heterocycles. The van der Waals surface area contributed by atoms with Crippen molar-refractivity contribution in [2.24, 2.45) is 0 Å². The monoisotopic (exact) mass is 286 g/mol. The number of amides is 1. The maximum absolute atomic E-state index is 12.1. The maximum atomic E-state index is 12.1. The van der Waals surface area contributed by atoms with Crippen LogP contribution in [0.3, 0.4) is 0 Å². The second-order valence-corrected chi connectivity index (χ2v) is 4.62. The Balaban J connectivity index is 1.72. The molecule has 0 radical (unpaired) electrons. The molecular weight excluding hydrogens is 272 g/mol. The van der Waals surface area contributed by atoms with Crippen LogP contribution < -0.4 is 5.32 Å². The maximum Gasteiger partial charge on any atom is 0.291 e. The van der Waals surface area contributed by atoms with Crippen molar-refractivity contribution >= 4 is 11.6 Å². The van der Waals surface area contributed by atoms with Gasteiger partial charge in [0.1, 0.15) is 17.1 Å². The van der Waals surface area contributed by atoms with Gasteiger partial charge in [-0.3, -0.25) is 9.48 Å². The van der Waals surface area contributed by atoms with Crippen molar-refractivity contribution in [3.8, 4) is 0 Å². The smallest absolute Gasteiger partial charge is 0.291 e. The summed E-state index contributed by atoms with van der Waals surface area (Å²) in [5.74, 6) is 1.11. The minimum atomic E-state index is -0.337. The van der Waals surface area contributed by atoms with Gasteiger partial charge in [0.2, 0.25) is 0 Å². The number of hydrogen-bond acceptors (Lipinski definition) is 5. The number of carbonyl (C=O) groups excluding carboxylic acids is 1. The molecule has 0 aliphatic rings. The predicted molar refractivity (Wildman–Crippen MR) is 74.0 cm³/mol. The van der Waals surface area contributed by atoms with Crippen molar-refractivity contribution in [3.63, 3.8) is 0 Å². The van der Waals surface area contributed by atoms with Gasteiger partial charge < -0.3 is 14.3 Å². The number of hydrogen-bond donors (Lipinski definition) is 1. The minimum absolute atomic E-state index is 0.233. The number of nitrogens with one attached hydrogen (secondary N) is 1. The van der Waals surface area contributed by atoms with Crippen molar-refractivity contribution < 1.29 is 13.7 Å². The molecule has 0 atom stereocenters. The zero-order valence-electron chi connectivity index (χ0n) is 11.7. The van der Waals surface area contributed by atoms with Crippen LogP contribution in [-0.2, 0) is 6.54 Å². The zero-order chi connectivity index (χ0) is 14.8. The van der Waals surface area contributed by atoms with Crippen molar-refractivity contribution in [2.45, 2.75) is 20.4 Å². The second-order valence-electron chi connectivity index (χ2n) is 4.62. The molecule has 3 heterocycles. The molecule has 0 bridgehead atoms. The highest BCUT2D eigenvalue weighted by atomic mass is 16.5. The third kappa shape index (κ3) is 2.71. The Kier molecular flexibility index (Phi) is 3.31. The Bertz CT molecular complexity index is 736. The second kappa shape index (κ2) is 5.28. The Morgan fingerprint density at radius 3 is 2.90 bits per heavy atom. The lowest BCUT2D eigenvalue weighted by Crippen LogP contribution is -2.12. The molecular formula is C14H14N4O3. The van der Waals surface area contributed by atoms with Gasteiger partial charge in [0.15, 0.2) is 11.5 Å². The van der Waals surface area contributed by atoms with Crippen molar-refractivity contribution in [3.05, 3.63) is 53.6 Å². The summed E-state index contributed by atoms with van der Waals surface area (Å²) in [5.41, 5.74) is 1.20. The lowest BCUT2D eigenvalue weighted by molar-refractivity contribution is 0.0994. The largest absolute Gasteiger partial charge is 0.454 e. The van der Waals surface area contributed by atoms with Crippen LogP contribution in [0.15, 0.2) is 39.5 Å². The van der Waals surface area contributed by atoms with Crippen LogP contribution in [0.4, 0.5) is 5.69 Å². The standard InChI is InChI=1S/C14H14N4O3/c1-9-13(10(2)21-17-9)16-14(19)12-5-4-11(20-12)8-18-7-3-6-15-18/h3-7H,8H2,1-2H3,(H,16,19). The first-order valence-electron chi connectivity index (χ1n) is 6.44. The molecule has 3 aromatic rings. The summed E-state index contributed by atoms with van der Waals surface area (Å²) in [5, 5.41) is 10.6. The van der Waals surface area contributed by atoms with Gasteiger partial charge in [0.25, 0.3) is 5.91 Å². The molecule has 0 aromatic carbocycles. The van der Waals surface area contributed by atoms with Crippen LogP contribution in [0.1, 0.15) is 27.8 Å². The molecule has 1 N–H and O–H groups in total. The lowest BCUT2D eigenvalue weighted by atomic mass is 10.3. The first kappa shape index (κ1) is 13.2. The highest BCUT2D eigenvalue weighted by molar-refractivity contribution is 6.02. The molecule has 3 rings (SSSR count). The Morgan fingerprint density at radius 1 is 1.38 bits per heavy atom. The van der Waals surface area contributed by atoms with Gasteiger partial charge in [-0.15, -0.1) is 0 Å². The summed E-state index contributed by atoms with van der Waals surface area (Å²) in [6, 6.07) is 5.21. The fourth-order valence-corrected chi connectivity index (χ4v) is 1.98. The number of aromatic nitrogens is 3. The van der Waals surface area contributed by atoms with Crippen molar-refractivity contribution in [1.29, 1.82) is 0 Å². The quantitative estimate of drug-likeness (QED) is 0.795. The molecule has 0 saturated carbocycles. The Morgan fingerprint density at radius 2 is 2.24 bits per heavy atom. The van der Waals surface area contributed by atoms with Gasteiger partial charge in [-0.1, -0.05) is 5.16 Å². The van der Waals surface area contributed by atoms with Crippen LogP contribution in [0.2, 0.25) is 0 Å². The number of carbonyl (C=O) groups is 1. The molecule has 0 aliphatic carbocycles. The van der Waals surface area contributed by atoms with Crippen LogP contribution in [0.25, 0.3) is 0 Å². The minimum Gasteiger partial charge on any atom is -0.454 e. The van der Waals surface area contributed by atoms with Gasteiger partial charge >= 0.3 is 0 Å². The van der Waals surface area contributed by atoms with E-state index in [2.05, 4.69) is 15.6 Å². The van der Waals surface area contributed by atoms with Gasteiger partial charge in [-0.05, 0) is 32.0 Å². The third-order valence-electron chi connectivity index (χ3n) is 3.03. The first-order valence-corrected chi connectivity index (χ1v) is 6.44. The molecule has 21 heavy (non-hydrogen) atoms. The van der Waals surface area contributed by atoms with E-state index >= 15 is 0 Å². The summed E-state index contributed by atoms with van der Waals surface area (Å²) >= 11 is 0. The number of aryl methyl sites for hydroxylation is 2. The van der Waals surface area contributed by atoms with Gasteiger partial charge in [0.05, 0.1) is 6.54 Å². The molecule has 0 fully saturated rings. The molecule has 0 aliphatic heterocycles. The summed E-state index contributed by atoms with van der Waals surface area (Å²) in [7, 11) is 0. The highest BCUT2D eigenvalue weighted by Crippen LogP contribution is 2.20. The van der Waals surface area contributed by atoms with Crippen LogP contribution in [-0.4, -0.2) is 20.8 Å². The molecule has 108 valence electrons. The average molecular weight is 286 g/mol. The van der Waals surface area contributed by atoms with E-state index < -0.39 is 0 Å². The van der Waals surface area contributed by atoms with Crippen molar-refractivity contribution in [1.82, 2.24) is 14.9 Å². The predicted octanol–water partition coefficient (Wildman–Crippen LogP) is 2.38.